The predicted molar refractivity (Wildman–Crippen MR) is 93.3 cm³/mol. The topological polar surface area (TPSA) is 117 Å². The van der Waals surface area contributed by atoms with Gasteiger partial charge in [0.1, 0.15) is 10.8 Å². The maximum absolute atomic E-state index is 13.8. The van der Waals surface area contributed by atoms with Crippen molar-refractivity contribution in [3.05, 3.63) is 59.8 Å². The van der Waals surface area contributed by atoms with Gasteiger partial charge in [-0.1, -0.05) is 0 Å². The van der Waals surface area contributed by atoms with Crippen molar-refractivity contribution >= 4 is 33.0 Å². The molecular formula is C16H10F2N2O5S2. The minimum absolute atomic E-state index is 0.232. The molecule has 0 saturated heterocycles. The molecule has 0 aliphatic carbocycles. The van der Waals surface area contributed by atoms with Gasteiger partial charge in [-0.2, -0.15) is 0 Å². The molecule has 2 aromatic carbocycles. The minimum Gasteiger partial charge on any atom is -0.503 e. The molecule has 0 unspecified atom stereocenters. The number of benzene rings is 2. The predicted octanol–water partition coefficient (Wildman–Crippen LogP) is 3.29. The second-order valence-electron chi connectivity index (χ2n) is 5.23. The largest absolute Gasteiger partial charge is 0.503 e. The van der Waals surface area contributed by atoms with E-state index in [4.69, 9.17) is 5.11 Å². The Labute approximate surface area is 155 Å². The van der Waals surface area contributed by atoms with Crippen molar-refractivity contribution < 1.29 is 32.2 Å². The summed E-state index contributed by atoms with van der Waals surface area (Å²) < 4.78 is 53.4. The van der Waals surface area contributed by atoms with E-state index in [1.54, 1.807) is 0 Å². The molecule has 1 heterocycles. The van der Waals surface area contributed by atoms with Crippen molar-refractivity contribution in [3.63, 3.8) is 0 Å². The first-order valence-corrected chi connectivity index (χ1v) is 9.48. The highest BCUT2D eigenvalue weighted by molar-refractivity contribution is 7.94. The van der Waals surface area contributed by atoms with Crippen LogP contribution in [0.4, 0.5) is 14.5 Å². The molecule has 0 aliphatic heterocycles. The number of aromatic carboxylic acids is 1. The molecule has 11 heteroatoms. The molecule has 140 valence electrons. The number of hydrogen-bond acceptors (Lipinski definition) is 6. The standard InChI is InChI=1S/C16H10F2N2O5S2/c17-9-3-1-8(2-4-9)15-19-7-12(26-15)27(24,25)20-11-6-5-10(16(22)23)13(18)14(11)21/h1-7,20-21H,(H,22,23). The molecule has 1 aromatic heterocycles. The minimum atomic E-state index is -4.22. The number of anilines is 1. The fourth-order valence-corrected chi connectivity index (χ4v) is 4.32. The second kappa shape index (κ2) is 6.93. The molecule has 0 aliphatic rings. The van der Waals surface area contributed by atoms with Crippen molar-refractivity contribution in [2.75, 3.05) is 4.72 Å². The fraction of sp³-hybridized carbons (Fsp3) is 0. The number of carbonyl (C=O) groups is 1. The number of phenolic OH excluding ortho intramolecular Hbond substituents is 1. The quantitative estimate of drug-likeness (QED) is 0.554. The molecule has 3 N–H and O–H groups in total. The Balaban J connectivity index is 1.91. The van der Waals surface area contributed by atoms with Crippen LogP contribution >= 0.6 is 11.3 Å². The summed E-state index contributed by atoms with van der Waals surface area (Å²) in [5, 5.41) is 18.8. The molecule has 3 aromatic rings. The highest BCUT2D eigenvalue weighted by Gasteiger charge is 2.23. The van der Waals surface area contributed by atoms with Crippen LogP contribution in [0.2, 0.25) is 0 Å². The number of nitrogens with zero attached hydrogens (tertiary/aromatic N) is 1. The molecular weight excluding hydrogens is 402 g/mol. The summed E-state index contributed by atoms with van der Waals surface area (Å²) in [6.07, 6.45) is 1.06. The lowest BCUT2D eigenvalue weighted by atomic mass is 10.2. The Morgan fingerprint density at radius 2 is 1.78 bits per heavy atom. The zero-order valence-electron chi connectivity index (χ0n) is 13.2. The number of sulfonamides is 1. The fourth-order valence-electron chi connectivity index (χ4n) is 2.12. The van der Waals surface area contributed by atoms with Gasteiger partial charge in [0.25, 0.3) is 10.0 Å². The maximum Gasteiger partial charge on any atom is 0.338 e. The maximum atomic E-state index is 13.8. The first-order chi connectivity index (χ1) is 12.7. The number of phenols is 1. The second-order valence-corrected chi connectivity index (χ2v) is 8.17. The summed E-state index contributed by atoms with van der Waals surface area (Å²) in [5.41, 5.74) is -0.816. The van der Waals surface area contributed by atoms with Gasteiger partial charge in [0.05, 0.1) is 17.4 Å². The lowest BCUT2D eigenvalue weighted by Crippen LogP contribution is -2.12. The van der Waals surface area contributed by atoms with Crippen LogP contribution < -0.4 is 4.72 Å². The number of nitrogens with one attached hydrogen (secondary N) is 1. The van der Waals surface area contributed by atoms with Crippen LogP contribution in [-0.4, -0.2) is 29.6 Å². The van der Waals surface area contributed by atoms with E-state index in [1.165, 1.54) is 24.3 Å². The SMILES string of the molecule is O=C(O)c1ccc(NS(=O)(=O)c2cnc(-c3ccc(F)cc3)s2)c(O)c1F. The van der Waals surface area contributed by atoms with Crippen LogP contribution in [0.25, 0.3) is 10.6 Å². The highest BCUT2D eigenvalue weighted by Crippen LogP contribution is 2.33. The average Bonchev–Trinajstić information content (AvgIpc) is 3.10. The highest BCUT2D eigenvalue weighted by atomic mass is 32.2. The molecule has 27 heavy (non-hydrogen) atoms. The van der Waals surface area contributed by atoms with Gasteiger partial charge in [-0.25, -0.2) is 27.0 Å². The molecule has 3 rings (SSSR count). The monoisotopic (exact) mass is 412 g/mol. The summed E-state index contributed by atoms with van der Waals surface area (Å²) in [5.74, 6) is -4.66. The molecule has 0 radical (unpaired) electrons. The number of aromatic hydroxyl groups is 1. The zero-order valence-corrected chi connectivity index (χ0v) is 14.8. The van der Waals surface area contributed by atoms with E-state index in [9.17, 15) is 27.1 Å². The number of carboxylic acids is 1. The van der Waals surface area contributed by atoms with Crippen molar-refractivity contribution in [1.82, 2.24) is 4.98 Å². The smallest absolute Gasteiger partial charge is 0.338 e. The number of aromatic nitrogens is 1. The zero-order chi connectivity index (χ0) is 19.8. The van der Waals surface area contributed by atoms with E-state index >= 15 is 0 Å². The number of rotatable bonds is 5. The third kappa shape index (κ3) is 3.73. The van der Waals surface area contributed by atoms with Gasteiger partial charge < -0.3 is 10.2 Å². The van der Waals surface area contributed by atoms with Crippen LogP contribution in [0.5, 0.6) is 5.75 Å². The van der Waals surface area contributed by atoms with Gasteiger partial charge in [0, 0.05) is 5.56 Å². The Hall–Kier alpha value is -3.05. The van der Waals surface area contributed by atoms with E-state index in [2.05, 4.69) is 4.98 Å². The van der Waals surface area contributed by atoms with Crippen molar-refractivity contribution in [2.24, 2.45) is 0 Å². The number of thiazole rings is 1. The average molecular weight is 412 g/mol. The number of hydrogen-bond donors (Lipinski definition) is 3. The molecule has 0 bridgehead atoms. The van der Waals surface area contributed by atoms with E-state index in [-0.39, 0.29) is 4.21 Å². The summed E-state index contributed by atoms with van der Waals surface area (Å²) in [6.45, 7) is 0. The molecule has 0 saturated carbocycles. The summed E-state index contributed by atoms with van der Waals surface area (Å²) in [4.78, 5) is 14.8. The van der Waals surface area contributed by atoms with Gasteiger partial charge in [-0.05, 0) is 36.4 Å². The molecule has 0 atom stereocenters. The van der Waals surface area contributed by atoms with Crippen molar-refractivity contribution in [3.8, 4) is 16.3 Å². The molecule has 0 amide bonds. The lowest BCUT2D eigenvalue weighted by Gasteiger charge is -2.09. The van der Waals surface area contributed by atoms with Crippen molar-refractivity contribution in [2.45, 2.75) is 4.21 Å². The van der Waals surface area contributed by atoms with E-state index in [1.807, 2.05) is 4.72 Å². The first kappa shape index (κ1) is 18.7. The summed E-state index contributed by atoms with van der Waals surface area (Å²) in [6, 6.07) is 7.03. The third-order valence-corrected chi connectivity index (χ3v) is 6.30. The van der Waals surface area contributed by atoms with E-state index in [0.717, 1.165) is 29.7 Å². The molecule has 7 nitrogen and oxygen atoms in total. The van der Waals surface area contributed by atoms with E-state index < -0.39 is 44.6 Å². The Bertz CT molecular complexity index is 1130. The number of halogens is 2. The van der Waals surface area contributed by atoms with Crippen LogP contribution in [0.15, 0.2) is 46.8 Å². The first-order valence-electron chi connectivity index (χ1n) is 7.18. The third-order valence-electron chi connectivity index (χ3n) is 3.43. The molecule has 0 spiro atoms. The lowest BCUT2D eigenvalue weighted by molar-refractivity contribution is 0.0691. The Morgan fingerprint density at radius 1 is 1.11 bits per heavy atom. The Morgan fingerprint density at radius 3 is 2.41 bits per heavy atom. The normalized spacial score (nSPS) is 11.3. The van der Waals surface area contributed by atoms with Gasteiger partial charge in [-0.3, -0.25) is 4.72 Å². The van der Waals surface area contributed by atoms with Crippen molar-refractivity contribution in [1.29, 1.82) is 0 Å². The van der Waals surface area contributed by atoms with Crippen LogP contribution in [-0.2, 0) is 10.0 Å². The van der Waals surface area contributed by atoms with Crippen LogP contribution in [0.1, 0.15) is 10.4 Å². The van der Waals surface area contributed by atoms with Gasteiger partial charge >= 0.3 is 5.97 Å². The van der Waals surface area contributed by atoms with Gasteiger partial charge in [0.15, 0.2) is 15.8 Å². The van der Waals surface area contributed by atoms with E-state index in [0.29, 0.717) is 10.6 Å². The van der Waals surface area contributed by atoms with Gasteiger partial charge in [-0.15, -0.1) is 11.3 Å². The van der Waals surface area contributed by atoms with Crippen LogP contribution in [0.3, 0.4) is 0 Å². The van der Waals surface area contributed by atoms with Crippen LogP contribution in [0, 0.1) is 11.6 Å². The summed E-state index contributed by atoms with van der Waals surface area (Å²) >= 11 is 0.783. The summed E-state index contributed by atoms with van der Waals surface area (Å²) in [7, 11) is -4.22. The van der Waals surface area contributed by atoms with Gasteiger partial charge in [0.2, 0.25) is 0 Å². The Kier molecular flexibility index (Phi) is 4.81. The number of carboxylic acid groups (broad SMARTS) is 1. The molecule has 0 fully saturated rings.